The monoisotopic (exact) mass is 586 g/mol. The molecule has 0 aromatic heterocycles. The van der Waals surface area contributed by atoms with E-state index in [1.54, 1.807) is 12.1 Å². The van der Waals surface area contributed by atoms with Gasteiger partial charge in [0.2, 0.25) is 0 Å². The first kappa shape index (κ1) is 32.2. The predicted molar refractivity (Wildman–Crippen MR) is 170 cm³/mol. The summed E-state index contributed by atoms with van der Waals surface area (Å²) in [5, 5.41) is 3.35. The molecule has 1 aliphatic rings. The van der Waals surface area contributed by atoms with Crippen molar-refractivity contribution >= 4 is 35.0 Å². The number of hydrogen-bond acceptors (Lipinski definition) is 5. The van der Waals surface area contributed by atoms with E-state index in [-0.39, 0.29) is 12.5 Å². The predicted octanol–water partition coefficient (Wildman–Crippen LogP) is 9.80. The van der Waals surface area contributed by atoms with Gasteiger partial charge < -0.3 is 19.7 Å². The van der Waals surface area contributed by atoms with Gasteiger partial charge in [0.05, 0.1) is 17.5 Å². The summed E-state index contributed by atoms with van der Waals surface area (Å²) in [6, 6.07) is 13.3. The van der Waals surface area contributed by atoms with Gasteiger partial charge in [-0.15, -0.1) is 11.8 Å². The number of nitrogens with zero attached hydrogens (tertiary/aromatic N) is 1. The first-order chi connectivity index (χ1) is 19.5. The minimum atomic E-state index is -0.229. The number of amides is 1. The van der Waals surface area contributed by atoms with E-state index in [2.05, 4.69) is 36.3 Å². The first-order valence-corrected chi connectivity index (χ1v) is 16.4. The molecule has 0 saturated carbocycles. The number of nitrogens with one attached hydrogen (secondary N) is 1. The molecule has 1 heterocycles. The van der Waals surface area contributed by atoms with Crippen LogP contribution in [0, 0.1) is 0 Å². The molecule has 1 amide bonds. The Balaban J connectivity index is 1.26. The van der Waals surface area contributed by atoms with Crippen molar-refractivity contribution in [2.75, 3.05) is 24.4 Å². The van der Waals surface area contributed by atoms with E-state index in [4.69, 9.17) is 21.1 Å². The summed E-state index contributed by atoms with van der Waals surface area (Å²) in [6.07, 6.45) is 18.0. The number of anilines is 1. The van der Waals surface area contributed by atoms with Crippen LogP contribution in [0.1, 0.15) is 96.5 Å². The van der Waals surface area contributed by atoms with Crippen LogP contribution in [-0.2, 0) is 11.3 Å². The van der Waals surface area contributed by atoms with Crippen molar-refractivity contribution < 1.29 is 14.3 Å². The fourth-order valence-electron chi connectivity index (χ4n) is 4.75. The van der Waals surface area contributed by atoms with E-state index in [0.717, 1.165) is 35.8 Å². The lowest BCUT2D eigenvalue weighted by Gasteiger charge is -2.15. The summed E-state index contributed by atoms with van der Waals surface area (Å²) < 4.78 is 11.6. The van der Waals surface area contributed by atoms with Crippen LogP contribution in [0.25, 0.3) is 0 Å². The van der Waals surface area contributed by atoms with E-state index in [9.17, 15) is 4.79 Å². The quantitative estimate of drug-likeness (QED) is 0.156. The second kappa shape index (κ2) is 18.9. The third-order valence-electron chi connectivity index (χ3n) is 6.95. The molecule has 220 valence electrons. The third-order valence-corrected chi connectivity index (χ3v) is 8.26. The Morgan fingerprint density at radius 3 is 2.27 bits per heavy atom. The number of halogens is 1. The second-order valence-corrected chi connectivity index (χ2v) is 12.2. The van der Waals surface area contributed by atoms with Crippen molar-refractivity contribution in [1.82, 2.24) is 4.90 Å². The van der Waals surface area contributed by atoms with Gasteiger partial charge in [0.1, 0.15) is 11.5 Å². The average molecular weight is 587 g/mol. The summed E-state index contributed by atoms with van der Waals surface area (Å²) in [7, 11) is 0. The Bertz CT molecular complexity index is 1060. The molecular formula is C33H47ClN2O3S. The molecule has 0 bridgehead atoms. The highest BCUT2D eigenvalue weighted by atomic mass is 35.5. The van der Waals surface area contributed by atoms with E-state index in [1.807, 2.05) is 36.0 Å². The lowest BCUT2D eigenvalue weighted by atomic mass is 10.1. The van der Waals surface area contributed by atoms with Crippen LogP contribution < -0.4 is 14.8 Å². The molecule has 0 radical (unpaired) electrons. The van der Waals surface area contributed by atoms with Crippen molar-refractivity contribution in [1.29, 1.82) is 0 Å². The molecule has 0 aliphatic carbocycles. The topological polar surface area (TPSA) is 50.8 Å². The van der Waals surface area contributed by atoms with Gasteiger partial charge >= 0.3 is 0 Å². The van der Waals surface area contributed by atoms with Gasteiger partial charge in [0.25, 0.3) is 5.91 Å². The van der Waals surface area contributed by atoms with Crippen LogP contribution in [0.3, 0.4) is 0 Å². The number of carbonyl (C=O) groups is 1. The second-order valence-electron chi connectivity index (χ2n) is 10.6. The molecule has 2 aromatic rings. The fraction of sp³-hybridized carbons (Fsp3) is 0.545. The van der Waals surface area contributed by atoms with Gasteiger partial charge in [-0.3, -0.25) is 4.79 Å². The standard InChI is InChI=1S/C33H47ClN2O3S/c1-3-4-5-6-7-8-9-10-11-12-13-14-20-38-30-18-19-32(31(34)22-30)39-25-33(37)35-29-17-15-16-28(21-29)24-36-23-27(2)40-26-36/h15-19,21-23H,3-14,20,24-26H2,1-2H3,(H,35,37). The molecule has 0 fully saturated rings. The number of carbonyl (C=O) groups excluding carboxylic acids is 1. The van der Waals surface area contributed by atoms with Crippen LogP contribution in [0.2, 0.25) is 5.02 Å². The molecule has 5 nitrogen and oxygen atoms in total. The molecule has 0 atom stereocenters. The Kier molecular flexibility index (Phi) is 15.2. The van der Waals surface area contributed by atoms with Crippen molar-refractivity contribution in [2.24, 2.45) is 0 Å². The highest BCUT2D eigenvalue weighted by Crippen LogP contribution is 2.29. The van der Waals surface area contributed by atoms with Crippen LogP contribution >= 0.6 is 23.4 Å². The molecule has 1 N–H and O–H groups in total. The van der Waals surface area contributed by atoms with E-state index in [0.29, 0.717) is 17.4 Å². The molecule has 0 saturated heterocycles. The summed E-state index contributed by atoms with van der Waals surface area (Å²) in [4.78, 5) is 16.1. The number of ether oxygens (including phenoxy) is 2. The Morgan fingerprint density at radius 2 is 1.62 bits per heavy atom. The molecule has 2 aromatic carbocycles. The summed E-state index contributed by atoms with van der Waals surface area (Å²) in [5.74, 6) is 1.92. The summed E-state index contributed by atoms with van der Waals surface area (Å²) in [6.45, 7) is 5.77. The number of thioether (sulfide) groups is 1. The minimum absolute atomic E-state index is 0.117. The molecule has 0 spiro atoms. The maximum atomic E-state index is 12.5. The molecule has 40 heavy (non-hydrogen) atoms. The van der Waals surface area contributed by atoms with Gasteiger partial charge in [-0.25, -0.2) is 0 Å². The van der Waals surface area contributed by atoms with Crippen LogP contribution in [0.4, 0.5) is 5.69 Å². The Labute approximate surface area is 251 Å². The molecule has 7 heteroatoms. The van der Waals surface area contributed by atoms with Crippen molar-refractivity contribution in [2.45, 2.75) is 97.4 Å². The molecular weight excluding hydrogens is 540 g/mol. The van der Waals surface area contributed by atoms with Crippen LogP contribution in [-0.4, -0.2) is 29.9 Å². The number of rotatable bonds is 20. The zero-order valence-electron chi connectivity index (χ0n) is 24.4. The number of allylic oxidation sites excluding steroid dienone is 1. The normalized spacial score (nSPS) is 12.9. The molecule has 1 aliphatic heterocycles. The van der Waals surface area contributed by atoms with Gasteiger partial charge in [0.15, 0.2) is 6.61 Å². The van der Waals surface area contributed by atoms with E-state index >= 15 is 0 Å². The van der Waals surface area contributed by atoms with Crippen molar-refractivity contribution in [3.8, 4) is 11.5 Å². The minimum Gasteiger partial charge on any atom is -0.494 e. The number of unbranched alkanes of at least 4 members (excludes halogenated alkanes) is 11. The lowest BCUT2D eigenvalue weighted by molar-refractivity contribution is -0.118. The summed E-state index contributed by atoms with van der Waals surface area (Å²) in [5.41, 5.74) is 1.90. The van der Waals surface area contributed by atoms with Gasteiger partial charge in [-0.2, -0.15) is 0 Å². The van der Waals surface area contributed by atoms with Crippen LogP contribution in [0.15, 0.2) is 53.6 Å². The molecule has 3 rings (SSSR count). The average Bonchev–Trinajstić information content (AvgIpc) is 3.35. The lowest BCUT2D eigenvalue weighted by Crippen LogP contribution is -2.20. The largest absolute Gasteiger partial charge is 0.494 e. The maximum Gasteiger partial charge on any atom is 0.262 e. The third kappa shape index (κ3) is 12.9. The van der Waals surface area contributed by atoms with Gasteiger partial charge in [-0.1, -0.05) is 101 Å². The first-order valence-electron chi connectivity index (χ1n) is 15.0. The Hall–Kier alpha value is -2.31. The number of hydrogen-bond donors (Lipinski definition) is 1. The summed E-state index contributed by atoms with van der Waals surface area (Å²) >= 11 is 8.23. The van der Waals surface area contributed by atoms with Crippen LogP contribution in [0.5, 0.6) is 11.5 Å². The van der Waals surface area contributed by atoms with Crippen molar-refractivity contribution in [3.05, 3.63) is 64.2 Å². The van der Waals surface area contributed by atoms with Gasteiger partial charge in [0, 0.05) is 24.5 Å². The number of benzene rings is 2. The SMILES string of the molecule is CCCCCCCCCCCCCCOc1ccc(OCC(=O)Nc2cccc(CN3C=C(C)SC3)c2)c(Cl)c1. The smallest absolute Gasteiger partial charge is 0.262 e. The fourth-order valence-corrected chi connectivity index (χ4v) is 5.74. The van der Waals surface area contributed by atoms with Crippen molar-refractivity contribution in [3.63, 3.8) is 0 Å². The molecule has 0 unspecified atom stereocenters. The Morgan fingerprint density at radius 1 is 0.925 bits per heavy atom. The van der Waals surface area contributed by atoms with E-state index < -0.39 is 0 Å². The maximum absolute atomic E-state index is 12.5. The van der Waals surface area contributed by atoms with Gasteiger partial charge in [-0.05, 0) is 48.1 Å². The highest BCUT2D eigenvalue weighted by molar-refractivity contribution is 8.03. The zero-order valence-corrected chi connectivity index (χ0v) is 26.0. The highest BCUT2D eigenvalue weighted by Gasteiger charge is 2.11. The zero-order chi connectivity index (χ0) is 28.4. The van der Waals surface area contributed by atoms with E-state index in [1.165, 1.54) is 75.5 Å².